The fraction of sp³-hybridized carbons (Fsp3) is 0.467. The highest BCUT2D eigenvalue weighted by Gasteiger charge is 2.11. The number of thioether (sulfide) groups is 1. The predicted octanol–water partition coefficient (Wildman–Crippen LogP) is 2.50. The molecule has 0 saturated heterocycles. The maximum Gasteiger partial charge on any atom is 0.317 e. The molecule has 2 aromatic rings. The van der Waals surface area contributed by atoms with Gasteiger partial charge in [0.2, 0.25) is 0 Å². The maximum absolute atomic E-state index is 12.0. The number of rotatable bonds is 7. The number of urea groups is 1. The second kappa shape index (κ2) is 7.93. The van der Waals surface area contributed by atoms with Crippen molar-refractivity contribution in [2.45, 2.75) is 13.3 Å². The number of nitrogens with one attached hydrogen (secondary N) is 2. The van der Waals surface area contributed by atoms with Crippen molar-refractivity contribution in [1.82, 2.24) is 20.2 Å². The van der Waals surface area contributed by atoms with Gasteiger partial charge in [0.15, 0.2) is 0 Å². The Labute approximate surface area is 129 Å². The van der Waals surface area contributed by atoms with E-state index in [0.29, 0.717) is 19.6 Å². The van der Waals surface area contributed by atoms with Gasteiger partial charge in [-0.2, -0.15) is 11.8 Å². The van der Waals surface area contributed by atoms with E-state index in [4.69, 9.17) is 0 Å². The van der Waals surface area contributed by atoms with Gasteiger partial charge in [-0.25, -0.2) is 9.78 Å². The Morgan fingerprint density at radius 1 is 1.43 bits per heavy atom. The molecule has 0 bridgehead atoms. The van der Waals surface area contributed by atoms with Gasteiger partial charge in [-0.15, -0.1) is 0 Å². The molecule has 1 aromatic heterocycles. The van der Waals surface area contributed by atoms with Crippen LogP contribution in [0.25, 0.3) is 11.0 Å². The molecule has 0 spiro atoms. The highest BCUT2D eigenvalue weighted by molar-refractivity contribution is 7.98. The Balaban J connectivity index is 1.88. The first-order chi connectivity index (χ1) is 10.2. The third-order valence-corrected chi connectivity index (χ3v) is 3.92. The van der Waals surface area contributed by atoms with Crippen LogP contribution in [0, 0.1) is 0 Å². The van der Waals surface area contributed by atoms with E-state index < -0.39 is 0 Å². The van der Waals surface area contributed by atoms with Crippen molar-refractivity contribution < 1.29 is 4.79 Å². The van der Waals surface area contributed by atoms with Crippen LogP contribution in [0.1, 0.15) is 12.7 Å². The van der Waals surface area contributed by atoms with Gasteiger partial charge in [0.25, 0.3) is 0 Å². The normalized spacial score (nSPS) is 10.8. The van der Waals surface area contributed by atoms with E-state index >= 15 is 0 Å². The van der Waals surface area contributed by atoms with E-state index in [-0.39, 0.29) is 6.03 Å². The molecule has 0 atom stereocenters. The van der Waals surface area contributed by atoms with Crippen LogP contribution < -0.4 is 5.32 Å². The van der Waals surface area contributed by atoms with Gasteiger partial charge in [-0.3, -0.25) is 0 Å². The first-order valence-corrected chi connectivity index (χ1v) is 8.59. The minimum atomic E-state index is 0.00246. The number of imidazole rings is 1. The summed E-state index contributed by atoms with van der Waals surface area (Å²) in [4.78, 5) is 21.7. The summed E-state index contributed by atoms with van der Waals surface area (Å²) in [7, 11) is 0. The summed E-state index contributed by atoms with van der Waals surface area (Å²) < 4.78 is 0. The van der Waals surface area contributed by atoms with E-state index in [1.54, 1.807) is 11.8 Å². The van der Waals surface area contributed by atoms with Crippen LogP contribution in [0.3, 0.4) is 0 Å². The lowest BCUT2D eigenvalue weighted by atomic mass is 10.3. The molecule has 21 heavy (non-hydrogen) atoms. The molecule has 2 N–H and O–H groups in total. The predicted molar refractivity (Wildman–Crippen MR) is 88.8 cm³/mol. The summed E-state index contributed by atoms with van der Waals surface area (Å²) in [5, 5.41) is 2.93. The van der Waals surface area contributed by atoms with Crippen molar-refractivity contribution in [2.24, 2.45) is 0 Å². The topological polar surface area (TPSA) is 61.0 Å². The lowest BCUT2D eigenvalue weighted by Gasteiger charge is -2.20. The second-order valence-corrected chi connectivity index (χ2v) is 5.74. The lowest BCUT2D eigenvalue weighted by Crippen LogP contribution is -2.41. The Hall–Kier alpha value is -1.69. The molecule has 1 aromatic carbocycles. The Kier molecular flexibility index (Phi) is 5.92. The molecule has 0 aliphatic rings. The third-order valence-electron chi connectivity index (χ3n) is 3.31. The van der Waals surface area contributed by atoms with Gasteiger partial charge in [0.05, 0.1) is 11.0 Å². The number of aromatic amines is 1. The molecule has 0 saturated carbocycles. The van der Waals surface area contributed by atoms with Crippen LogP contribution in [-0.4, -0.2) is 52.5 Å². The number of hydrogen-bond acceptors (Lipinski definition) is 3. The largest absolute Gasteiger partial charge is 0.342 e. The number of amides is 2. The third kappa shape index (κ3) is 4.39. The summed E-state index contributed by atoms with van der Waals surface area (Å²) in [5.41, 5.74) is 2.01. The van der Waals surface area contributed by atoms with E-state index in [9.17, 15) is 4.79 Å². The molecule has 0 aliphatic carbocycles. The average molecular weight is 306 g/mol. The molecule has 2 rings (SSSR count). The molecule has 0 unspecified atom stereocenters. The van der Waals surface area contributed by atoms with Gasteiger partial charge in [0, 0.05) is 31.8 Å². The zero-order valence-electron chi connectivity index (χ0n) is 12.6. The van der Waals surface area contributed by atoms with Crippen LogP contribution >= 0.6 is 11.8 Å². The molecule has 0 radical (unpaired) electrons. The number of H-pyrrole nitrogens is 1. The molecular formula is C15H22N4OS. The number of nitrogens with zero attached hydrogens (tertiary/aromatic N) is 2. The maximum atomic E-state index is 12.0. The van der Waals surface area contributed by atoms with Crippen LogP contribution in [0.4, 0.5) is 4.79 Å². The highest BCUT2D eigenvalue weighted by Crippen LogP contribution is 2.10. The van der Waals surface area contributed by atoms with Crippen LogP contribution in [-0.2, 0) is 6.42 Å². The SMILES string of the molecule is CCN(CCc1nc2ccccc2[nH]1)C(=O)NCCSC. The zero-order valence-corrected chi connectivity index (χ0v) is 13.4. The van der Waals surface area contributed by atoms with Crippen LogP contribution in [0.2, 0.25) is 0 Å². The van der Waals surface area contributed by atoms with E-state index in [0.717, 1.165) is 29.0 Å². The molecule has 6 heteroatoms. The van der Waals surface area contributed by atoms with E-state index in [1.165, 1.54) is 0 Å². The van der Waals surface area contributed by atoms with Gasteiger partial charge in [0.1, 0.15) is 5.82 Å². The number of likely N-dealkylation sites (N-methyl/N-ethyl adjacent to an activating group) is 1. The van der Waals surface area contributed by atoms with Crippen molar-refractivity contribution in [3.8, 4) is 0 Å². The van der Waals surface area contributed by atoms with E-state index in [1.807, 2.05) is 42.3 Å². The van der Waals surface area contributed by atoms with Gasteiger partial charge in [-0.05, 0) is 25.3 Å². The van der Waals surface area contributed by atoms with Gasteiger partial charge in [-0.1, -0.05) is 12.1 Å². The number of carbonyl (C=O) groups excluding carboxylic acids is 1. The van der Waals surface area contributed by atoms with Crippen molar-refractivity contribution in [1.29, 1.82) is 0 Å². The summed E-state index contributed by atoms with van der Waals surface area (Å²) in [6.07, 6.45) is 2.77. The smallest absolute Gasteiger partial charge is 0.317 e. The minimum Gasteiger partial charge on any atom is -0.342 e. The molecule has 0 aliphatic heterocycles. The minimum absolute atomic E-state index is 0.00246. The van der Waals surface area contributed by atoms with Crippen LogP contribution in [0.15, 0.2) is 24.3 Å². The van der Waals surface area contributed by atoms with Gasteiger partial charge >= 0.3 is 6.03 Å². The van der Waals surface area contributed by atoms with Gasteiger partial charge < -0.3 is 15.2 Å². The summed E-state index contributed by atoms with van der Waals surface area (Å²) in [6, 6.07) is 7.97. The van der Waals surface area contributed by atoms with E-state index in [2.05, 4.69) is 15.3 Å². The lowest BCUT2D eigenvalue weighted by molar-refractivity contribution is 0.201. The Bertz CT molecular complexity index is 551. The molecule has 2 amide bonds. The summed E-state index contributed by atoms with van der Waals surface area (Å²) in [6.45, 7) is 4.07. The first kappa shape index (κ1) is 15.7. The average Bonchev–Trinajstić information content (AvgIpc) is 2.91. The molecule has 1 heterocycles. The molecule has 0 fully saturated rings. The highest BCUT2D eigenvalue weighted by atomic mass is 32.2. The monoisotopic (exact) mass is 306 g/mol. The number of aromatic nitrogens is 2. The standard InChI is InChI=1S/C15H22N4OS/c1-3-19(15(20)16-9-11-21-2)10-8-14-17-12-6-4-5-7-13(12)18-14/h4-7H,3,8-11H2,1-2H3,(H,16,20)(H,17,18). The van der Waals surface area contributed by atoms with Crippen molar-refractivity contribution in [2.75, 3.05) is 31.6 Å². The fourth-order valence-corrected chi connectivity index (χ4v) is 2.45. The van der Waals surface area contributed by atoms with Crippen LogP contribution in [0.5, 0.6) is 0 Å². The molecule has 114 valence electrons. The molecular weight excluding hydrogens is 284 g/mol. The number of carbonyl (C=O) groups is 1. The summed E-state index contributed by atoms with van der Waals surface area (Å²) in [5.74, 6) is 1.86. The first-order valence-electron chi connectivity index (χ1n) is 7.20. The molecule has 5 nitrogen and oxygen atoms in total. The Morgan fingerprint density at radius 2 is 2.24 bits per heavy atom. The summed E-state index contributed by atoms with van der Waals surface area (Å²) >= 11 is 1.73. The number of benzene rings is 1. The number of fused-ring (bicyclic) bond motifs is 1. The second-order valence-electron chi connectivity index (χ2n) is 4.76. The zero-order chi connectivity index (χ0) is 15.1. The Morgan fingerprint density at radius 3 is 2.95 bits per heavy atom. The number of para-hydroxylation sites is 2. The quantitative estimate of drug-likeness (QED) is 0.773. The number of hydrogen-bond donors (Lipinski definition) is 2. The van der Waals surface area contributed by atoms with Crippen molar-refractivity contribution in [3.63, 3.8) is 0 Å². The van der Waals surface area contributed by atoms with Crippen molar-refractivity contribution >= 4 is 28.8 Å². The van der Waals surface area contributed by atoms with Crippen molar-refractivity contribution in [3.05, 3.63) is 30.1 Å². The fourth-order valence-electron chi connectivity index (χ4n) is 2.14.